The molecule has 3 fully saturated rings. The number of ketones is 1. The van der Waals surface area contributed by atoms with Crippen molar-refractivity contribution in [3.05, 3.63) is 12.7 Å². The average Bonchev–Trinajstić information content (AvgIpc) is 3.70. The second-order valence-corrected chi connectivity index (χ2v) is 16.4. The minimum Gasteiger partial charge on any atom is -0.346 e. The first-order valence-electron chi connectivity index (χ1n) is 17.7. The number of nitrogens with zero attached hydrogens (tertiary/aromatic N) is 2. The van der Waals surface area contributed by atoms with Crippen LogP contribution >= 0.6 is 0 Å². The highest BCUT2D eigenvalue weighted by molar-refractivity contribution is 6.38. The van der Waals surface area contributed by atoms with Crippen LogP contribution in [0.25, 0.3) is 0 Å². The number of rotatable bonds is 14. The molecule has 0 bridgehead atoms. The number of hydrogen-bond acceptors (Lipinski definition) is 7. The van der Waals surface area contributed by atoms with Crippen LogP contribution in [0.5, 0.6) is 0 Å². The summed E-state index contributed by atoms with van der Waals surface area (Å²) >= 11 is 0. The van der Waals surface area contributed by atoms with Gasteiger partial charge in [0, 0.05) is 32.5 Å². The molecule has 3 rings (SSSR count). The Hall–Kier alpha value is -3.77. The van der Waals surface area contributed by atoms with Gasteiger partial charge < -0.3 is 26.2 Å². The lowest BCUT2D eigenvalue weighted by Crippen LogP contribution is -2.62. The van der Waals surface area contributed by atoms with Crippen molar-refractivity contribution < 1.29 is 33.6 Å². The van der Waals surface area contributed by atoms with Crippen LogP contribution in [0.2, 0.25) is 0 Å². The summed E-state index contributed by atoms with van der Waals surface area (Å²) in [6.07, 6.45) is 5.06. The summed E-state index contributed by atoms with van der Waals surface area (Å²) in [6, 6.07) is -4.20. The number of carbonyl (C=O) groups excluding carboxylic acids is 7. The van der Waals surface area contributed by atoms with E-state index in [1.807, 2.05) is 55.4 Å². The third-order valence-electron chi connectivity index (χ3n) is 9.88. The molecule has 2 saturated heterocycles. The van der Waals surface area contributed by atoms with Crippen LogP contribution in [-0.4, -0.2) is 95.0 Å². The third-order valence-corrected chi connectivity index (χ3v) is 9.88. The first kappa shape index (κ1) is 39.7. The van der Waals surface area contributed by atoms with Gasteiger partial charge in [-0.3, -0.25) is 33.7 Å². The number of hydrogen-bond donors (Lipinski definition) is 4. The number of nitrogens with one attached hydrogen (secondary N) is 4. The number of imide groups is 1. The molecule has 274 valence electrons. The smallest absolute Gasteiger partial charge is 0.315 e. The van der Waals surface area contributed by atoms with E-state index in [1.54, 1.807) is 0 Å². The molecule has 3 aliphatic rings. The van der Waals surface area contributed by atoms with E-state index in [-0.39, 0.29) is 62.0 Å². The molecule has 49 heavy (non-hydrogen) atoms. The van der Waals surface area contributed by atoms with Crippen LogP contribution in [0.1, 0.15) is 100 Å². The van der Waals surface area contributed by atoms with Gasteiger partial charge in [-0.15, -0.1) is 6.58 Å². The van der Waals surface area contributed by atoms with Crippen molar-refractivity contribution in [1.82, 2.24) is 31.1 Å². The summed E-state index contributed by atoms with van der Waals surface area (Å²) in [5.41, 5.74) is -1.30. The zero-order chi connectivity index (χ0) is 36.8. The van der Waals surface area contributed by atoms with Crippen LogP contribution in [0.3, 0.4) is 0 Å². The van der Waals surface area contributed by atoms with Crippen molar-refractivity contribution in [2.24, 2.45) is 28.6 Å². The minimum atomic E-state index is -1.04. The molecule has 1 saturated carbocycles. The zero-order valence-electron chi connectivity index (χ0n) is 30.6. The molecule has 7 amide bonds. The first-order valence-corrected chi connectivity index (χ1v) is 17.7. The fraction of sp³-hybridized carbons (Fsp3) is 0.750. The lowest BCUT2D eigenvalue weighted by atomic mass is 9.85. The highest BCUT2D eigenvalue weighted by atomic mass is 16.2. The average molecular weight is 687 g/mol. The van der Waals surface area contributed by atoms with E-state index in [9.17, 15) is 33.6 Å². The van der Waals surface area contributed by atoms with E-state index in [1.165, 1.54) is 15.9 Å². The minimum absolute atomic E-state index is 0.00694. The lowest BCUT2D eigenvalue weighted by molar-refractivity contribution is -0.148. The second kappa shape index (κ2) is 16.3. The summed E-state index contributed by atoms with van der Waals surface area (Å²) in [5.74, 6) is -2.63. The van der Waals surface area contributed by atoms with Gasteiger partial charge in [0.2, 0.25) is 29.4 Å². The summed E-state index contributed by atoms with van der Waals surface area (Å²) in [6.45, 7) is 19.2. The van der Waals surface area contributed by atoms with Crippen LogP contribution in [0.4, 0.5) is 4.79 Å². The Labute approximate surface area is 291 Å². The first-order chi connectivity index (χ1) is 22.7. The molecule has 2 aliphatic heterocycles. The van der Waals surface area contributed by atoms with Crippen molar-refractivity contribution in [1.29, 1.82) is 0 Å². The van der Waals surface area contributed by atoms with E-state index in [0.717, 1.165) is 12.8 Å². The molecule has 0 aromatic carbocycles. The largest absolute Gasteiger partial charge is 0.346 e. The highest BCUT2D eigenvalue weighted by Gasteiger charge is 2.47. The monoisotopic (exact) mass is 686 g/mol. The summed E-state index contributed by atoms with van der Waals surface area (Å²) < 4.78 is 0. The standard InChI is InChI=1S/C36H58N6O7/c1-10-16-37-32(47)29(45)24(17-22-14-15-22)38-31(46)25-18-23(21(2)3)19-41(25)33(48)30(36(7,8)9)40-34(49)39-26(35(4,5)6)20-42-27(43)12-11-13-28(42)44/h10,21-26,30H,1,11-20H2,2-9H3,(H,37,47)(H,38,46)(H2,39,40,49)/t23-,24?,25+,26-,30-/m1/s1. The highest BCUT2D eigenvalue weighted by Crippen LogP contribution is 2.35. The third kappa shape index (κ3) is 10.9. The summed E-state index contributed by atoms with van der Waals surface area (Å²) in [4.78, 5) is 95.3. The van der Waals surface area contributed by atoms with Crippen molar-refractivity contribution in [2.45, 2.75) is 125 Å². The van der Waals surface area contributed by atoms with Gasteiger partial charge in [0.15, 0.2) is 0 Å². The number of piperidine rings is 1. The SMILES string of the molecule is C=CCNC(=O)C(=O)C(CC1CC1)NC(=O)[C@@H]1C[C@@H](C(C)C)CN1C(=O)[C@@H](NC(=O)N[C@H](CN1C(=O)CCCC1=O)C(C)(C)C)C(C)(C)C. The Morgan fingerprint density at radius 3 is 2.04 bits per heavy atom. The van der Waals surface area contributed by atoms with Gasteiger partial charge in [-0.25, -0.2) is 4.79 Å². The molecular weight excluding hydrogens is 628 g/mol. The van der Waals surface area contributed by atoms with Gasteiger partial charge in [-0.05, 0) is 47.8 Å². The maximum atomic E-state index is 14.4. The van der Waals surface area contributed by atoms with Crippen molar-refractivity contribution >= 4 is 41.4 Å². The van der Waals surface area contributed by atoms with Crippen molar-refractivity contribution in [2.75, 3.05) is 19.6 Å². The Balaban J connectivity index is 1.82. The molecule has 2 heterocycles. The predicted molar refractivity (Wildman–Crippen MR) is 185 cm³/mol. The Morgan fingerprint density at radius 2 is 1.53 bits per heavy atom. The topological polar surface area (TPSA) is 174 Å². The normalized spacial score (nSPS) is 21.9. The fourth-order valence-electron chi connectivity index (χ4n) is 6.31. The number of carbonyl (C=O) groups is 7. The van der Waals surface area contributed by atoms with Gasteiger partial charge in [-0.2, -0.15) is 0 Å². The van der Waals surface area contributed by atoms with E-state index < -0.39 is 64.5 Å². The zero-order valence-corrected chi connectivity index (χ0v) is 30.6. The van der Waals surface area contributed by atoms with Crippen LogP contribution in [0, 0.1) is 28.6 Å². The quantitative estimate of drug-likeness (QED) is 0.124. The van der Waals surface area contributed by atoms with Gasteiger partial charge in [0.05, 0.1) is 12.1 Å². The van der Waals surface area contributed by atoms with Crippen LogP contribution in [-0.2, 0) is 28.8 Å². The molecule has 0 radical (unpaired) electrons. The van der Waals surface area contributed by atoms with Crippen LogP contribution < -0.4 is 21.3 Å². The molecule has 13 nitrogen and oxygen atoms in total. The Kier molecular flexibility index (Phi) is 13.2. The van der Waals surface area contributed by atoms with Gasteiger partial charge in [-0.1, -0.05) is 74.3 Å². The summed E-state index contributed by atoms with van der Waals surface area (Å²) in [5, 5.41) is 11.1. The number of amides is 7. The van der Waals surface area contributed by atoms with E-state index >= 15 is 0 Å². The maximum Gasteiger partial charge on any atom is 0.315 e. The molecular formula is C36H58N6O7. The molecule has 0 aromatic heterocycles. The molecule has 4 N–H and O–H groups in total. The fourth-order valence-corrected chi connectivity index (χ4v) is 6.31. The van der Waals surface area contributed by atoms with Gasteiger partial charge in [0.25, 0.3) is 5.91 Å². The Bertz CT molecular complexity index is 1280. The summed E-state index contributed by atoms with van der Waals surface area (Å²) in [7, 11) is 0. The lowest BCUT2D eigenvalue weighted by Gasteiger charge is -2.38. The number of urea groups is 1. The van der Waals surface area contributed by atoms with Gasteiger partial charge in [0.1, 0.15) is 12.1 Å². The maximum absolute atomic E-state index is 14.4. The van der Waals surface area contributed by atoms with E-state index in [2.05, 4.69) is 27.8 Å². The van der Waals surface area contributed by atoms with Crippen molar-refractivity contribution in [3.8, 4) is 0 Å². The number of Topliss-reactive ketones (excluding diaryl/α,β-unsaturated/α-hetero) is 1. The van der Waals surface area contributed by atoms with Crippen LogP contribution in [0.15, 0.2) is 12.7 Å². The van der Waals surface area contributed by atoms with Crippen molar-refractivity contribution in [3.63, 3.8) is 0 Å². The molecule has 13 heteroatoms. The molecule has 1 unspecified atom stereocenters. The predicted octanol–water partition coefficient (Wildman–Crippen LogP) is 2.68. The van der Waals surface area contributed by atoms with E-state index in [0.29, 0.717) is 19.3 Å². The number of likely N-dealkylation sites (tertiary alicyclic amines) is 2. The molecule has 0 spiro atoms. The van der Waals surface area contributed by atoms with Gasteiger partial charge >= 0.3 is 6.03 Å². The molecule has 1 aliphatic carbocycles. The second-order valence-electron chi connectivity index (χ2n) is 16.4. The molecule has 0 aromatic rings. The van der Waals surface area contributed by atoms with E-state index in [4.69, 9.17) is 0 Å². The Morgan fingerprint density at radius 1 is 0.918 bits per heavy atom. The molecule has 5 atom stereocenters.